The van der Waals surface area contributed by atoms with Crippen LogP contribution in [0.25, 0.3) is 0 Å². The summed E-state index contributed by atoms with van der Waals surface area (Å²) < 4.78 is 0. The van der Waals surface area contributed by atoms with Crippen molar-refractivity contribution >= 4 is 17.3 Å². The molecule has 1 saturated carbocycles. The zero-order valence-electron chi connectivity index (χ0n) is 13.0. The van der Waals surface area contributed by atoms with Crippen LogP contribution in [-0.2, 0) is 4.79 Å². The standard InChI is InChI=1S/C18H26N2O/c1-14-9-10-16(17(13-14)20-11-5-6-12-20)19-18(21)15-7-3-2-4-8-15/h9-10,13,15H,2-8,11-12H2,1H3,(H,19,21). The van der Waals surface area contributed by atoms with Crippen molar-refractivity contribution in [1.82, 2.24) is 0 Å². The third kappa shape index (κ3) is 3.39. The number of hydrogen-bond donors (Lipinski definition) is 1. The number of carbonyl (C=O) groups excluding carboxylic acids is 1. The molecule has 1 aromatic rings. The van der Waals surface area contributed by atoms with Crippen LogP contribution in [0.5, 0.6) is 0 Å². The predicted octanol–water partition coefficient (Wildman–Crippen LogP) is 4.11. The van der Waals surface area contributed by atoms with Gasteiger partial charge in [-0.1, -0.05) is 25.3 Å². The molecule has 0 radical (unpaired) electrons. The molecule has 3 heteroatoms. The van der Waals surface area contributed by atoms with Gasteiger partial charge in [0.2, 0.25) is 5.91 Å². The highest BCUT2D eigenvalue weighted by atomic mass is 16.1. The predicted molar refractivity (Wildman–Crippen MR) is 87.8 cm³/mol. The fourth-order valence-electron chi connectivity index (χ4n) is 3.57. The fourth-order valence-corrected chi connectivity index (χ4v) is 3.57. The number of benzene rings is 1. The van der Waals surface area contributed by atoms with E-state index in [1.807, 2.05) is 0 Å². The second kappa shape index (κ2) is 6.50. The van der Waals surface area contributed by atoms with E-state index in [9.17, 15) is 4.79 Å². The van der Waals surface area contributed by atoms with Gasteiger partial charge in [-0.25, -0.2) is 0 Å². The summed E-state index contributed by atoms with van der Waals surface area (Å²) in [7, 11) is 0. The molecule has 1 saturated heterocycles. The molecule has 1 aliphatic carbocycles. The van der Waals surface area contributed by atoms with Crippen LogP contribution in [0.4, 0.5) is 11.4 Å². The van der Waals surface area contributed by atoms with Crippen molar-refractivity contribution < 1.29 is 4.79 Å². The Bertz CT molecular complexity index is 500. The van der Waals surface area contributed by atoms with Crippen molar-refractivity contribution in [2.24, 2.45) is 5.92 Å². The Labute approximate surface area is 127 Å². The Balaban J connectivity index is 1.76. The summed E-state index contributed by atoms with van der Waals surface area (Å²) in [6.45, 7) is 4.33. The van der Waals surface area contributed by atoms with Crippen molar-refractivity contribution in [3.8, 4) is 0 Å². The first kappa shape index (κ1) is 14.4. The summed E-state index contributed by atoms with van der Waals surface area (Å²) in [5, 5.41) is 3.20. The Kier molecular flexibility index (Phi) is 4.47. The van der Waals surface area contributed by atoms with Gasteiger partial charge >= 0.3 is 0 Å². The first-order valence-electron chi connectivity index (χ1n) is 8.40. The number of carbonyl (C=O) groups is 1. The van der Waals surface area contributed by atoms with Gasteiger partial charge in [-0.15, -0.1) is 0 Å². The lowest BCUT2D eigenvalue weighted by molar-refractivity contribution is -0.120. The highest BCUT2D eigenvalue weighted by Crippen LogP contribution is 2.32. The van der Waals surface area contributed by atoms with Crippen molar-refractivity contribution in [1.29, 1.82) is 0 Å². The molecule has 2 aliphatic rings. The highest BCUT2D eigenvalue weighted by Gasteiger charge is 2.23. The van der Waals surface area contributed by atoms with E-state index in [1.54, 1.807) is 0 Å². The number of nitrogens with zero attached hydrogens (tertiary/aromatic N) is 1. The summed E-state index contributed by atoms with van der Waals surface area (Å²) in [4.78, 5) is 14.9. The molecule has 114 valence electrons. The Morgan fingerprint density at radius 2 is 1.81 bits per heavy atom. The van der Waals surface area contributed by atoms with E-state index in [-0.39, 0.29) is 11.8 Å². The van der Waals surface area contributed by atoms with Gasteiger partial charge in [0, 0.05) is 19.0 Å². The maximum absolute atomic E-state index is 12.5. The van der Waals surface area contributed by atoms with Crippen molar-refractivity contribution in [3.05, 3.63) is 23.8 Å². The van der Waals surface area contributed by atoms with Crippen LogP contribution in [0, 0.1) is 12.8 Å². The molecule has 0 bridgehead atoms. The van der Waals surface area contributed by atoms with E-state index in [4.69, 9.17) is 0 Å². The first-order chi connectivity index (χ1) is 10.2. The summed E-state index contributed by atoms with van der Waals surface area (Å²) >= 11 is 0. The Morgan fingerprint density at radius 1 is 1.10 bits per heavy atom. The summed E-state index contributed by atoms with van der Waals surface area (Å²) in [5.74, 6) is 0.436. The summed E-state index contributed by atoms with van der Waals surface area (Å²) in [5.41, 5.74) is 3.46. The van der Waals surface area contributed by atoms with E-state index < -0.39 is 0 Å². The lowest BCUT2D eigenvalue weighted by atomic mass is 9.88. The lowest BCUT2D eigenvalue weighted by Crippen LogP contribution is -2.26. The van der Waals surface area contributed by atoms with Gasteiger partial charge < -0.3 is 10.2 Å². The molecule has 0 aromatic heterocycles. The van der Waals surface area contributed by atoms with Gasteiger partial charge in [-0.2, -0.15) is 0 Å². The second-order valence-corrected chi connectivity index (χ2v) is 6.54. The van der Waals surface area contributed by atoms with Crippen LogP contribution >= 0.6 is 0 Å². The SMILES string of the molecule is Cc1ccc(NC(=O)C2CCCCC2)c(N2CCCC2)c1. The van der Waals surface area contributed by atoms with Gasteiger partial charge in [0.1, 0.15) is 0 Å². The lowest BCUT2D eigenvalue weighted by Gasteiger charge is -2.25. The van der Waals surface area contributed by atoms with Crippen LogP contribution in [0.15, 0.2) is 18.2 Å². The van der Waals surface area contributed by atoms with E-state index in [1.165, 1.54) is 43.4 Å². The van der Waals surface area contributed by atoms with Crippen LogP contribution in [-0.4, -0.2) is 19.0 Å². The molecule has 0 atom stereocenters. The molecule has 0 unspecified atom stereocenters. The number of amides is 1. The van der Waals surface area contributed by atoms with Gasteiger partial charge in [0.25, 0.3) is 0 Å². The van der Waals surface area contributed by atoms with Gasteiger partial charge in [0.15, 0.2) is 0 Å². The number of aryl methyl sites for hydroxylation is 1. The molecule has 1 N–H and O–H groups in total. The average molecular weight is 286 g/mol. The zero-order chi connectivity index (χ0) is 14.7. The third-order valence-corrected chi connectivity index (χ3v) is 4.83. The van der Waals surface area contributed by atoms with Gasteiger partial charge in [0.05, 0.1) is 11.4 Å². The minimum absolute atomic E-state index is 0.214. The van der Waals surface area contributed by atoms with E-state index in [2.05, 4.69) is 35.3 Å². The second-order valence-electron chi connectivity index (χ2n) is 6.54. The quantitative estimate of drug-likeness (QED) is 0.906. The molecule has 0 spiro atoms. The Morgan fingerprint density at radius 3 is 2.52 bits per heavy atom. The molecule has 1 heterocycles. The number of nitrogens with one attached hydrogen (secondary N) is 1. The largest absolute Gasteiger partial charge is 0.370 e. The van der Waals surface area contributed by atoms with Crippen molar-refractivity contribution in [2.75, 3.05) is 23.3 Å². The van der Waals surface area contributed by atoms with E-state index in [0.717, 1.165) is 31.6 Å². The monoisotopic (exact) mass is 286 g/mol. The van der Waals surface area contributed by atoms with E-state index >= 15 is 0 Å². The van der Waals surface area contributed by atoms with E-state index in [0.29, 0.717) is 0 Å². The normalized spacial score (nSPS) is 19.8. The molecule has 2 fully saturated rings. The fraction of sp³-hybridized carbons (Fsp3) is 0.611. The molecule has 1 aliphatic heterocycles. The van der Waals surface area contributed by atoms with Crippen LogP contribution in [0.2, 0.25) is 0 Å². The molecular weight excluding hydrogens is 260 g/mol. The molecule has 1 amide bonds. The maximum Gasteiger partial charge on any atom is 0.227 e. The molecule has 3 nitrogen and oxygen atoms in total. The molecule has 1 aromatic carbocycles. The van der Waals surface area contributed by atoms with Crippen molar-refractivity contribution in [3.63, 3.8) is 0 Å². The van der Waals surface area contributed by atoms with Crippen LogP contribution in [0.3, 0.4) is 0 Å². The first-order valence-corrected chi connectivity index (χ1v) is 8.40. The third-order valence-electron chi connectivity index (χ3n) is 4.83. The topological polar surface area (TPSA) is 32.3 Å². The number of anilines is 2. The highest BCUT2D eigenvalue weighted by molar-refractivity contribution is 5.96. The average Bonchev–Trinajstić information content (AvgIpc) is 3.04. The Hall–Kier alpha value is -1.51. The smallest absolute Gasteiger partial charge is 0.227 e. The zero-order valence-corrected chi connectivity index (χ0v) is 13.0. The van der Waals surface area contributed by atoms with Crippen molar-refractivity contribution in [2.45, 2.75) is 51.9 Å². The molecular formula is C18H26N2O. The number of rotatable bonds is 3. The molecule has 3 rings (SSSR count). The van der Waals surface area contributed by atoms with Crippen LogP contribution in [0.1, 0.15) is 50.5 Å². The minimum atomic E-state index is 0.214. The minimum Gasteiger partial charge on any atom is -0.370 e. The van der Waals surface area contributed by atoms with Gasteiger partial charge in [-0.05, 0) is 50.3 Å². The number of hydrogen-bond acceptors (Lipinski definition) is 2. The molecule has 21 heavy (non-hydrogen) atoms. The summed E-state index contributed by atoms with van der Waals surface area (Å²) in [6, 6.07) is 6.38. The maximum atomic E-state index is 12.5. The summed E-state index contributed by atoms with van der Waals surface area (Å²) in [6.07, 6.45) is 8.30. The van der Waals surface area contributed by atoms with Crippen LogP contribution < -0.4 is 10.2 Å². The van der Waals surface area contributed by atoms with Gasteiger partial charge in [-0.3, -0.25) is 4.79 Å².